The Morgan fingerprint density at radius 1 is 1.10 bits per heavy atom. The van der Waals surface area contributed by atoms with Crippen molar-refractivity contribution in [1.29, 1.82) is 0 Å². The minimum Gasteiger partial charge on any atom is -0.352 e. The van der Waals surface area contributed by atoms with Gasteiger partial charge < -0.3 is 5.32 Å². The molecule has 0 bridgehead atoms. The molecule has 1 unspecified atom stereocenters. The normalized spacial score (nSPS) is 15.8. The zero-order valence-corrected chi connectivity index (χ0v) is 17.9. The Hall–Kier alpha value is -3.19. The van der Waals surface area contributed by atoms with Crippen LogP contribution in [0.3, 0.4) is 0 Å². The van der Waals surface area contributed by atoms with E-state index in [0.717, 1.165) is 24.8 Å². The van der Waals surface area contributed by atoms with Gasteiger partial charge in [0.2, 0.25) is 5.91 Å². The van der Waals surface area contributed by atoms with Crippen LogP contribution in [0.1, 0.15) is 39.7 Å². The highest BCUT2D eigenvalue weighted by Gasteiger charge is 2.35. The number of aryl methyl sites for hydroxylation is 1. The van der Waals surface area contributed by atoms with Crippen molar-refractivity contribution in [2.45, 2.75) is 24.6 Å². The molecule has 1 aromatic heterocycles. The first-order valence-electron chi connectivity index (χ1n) is 10.3. The summed E-state index contributed by atoms with van der Waals surface area (Å²) in [5, 5.41) is 2.79. The zero-order chi connectivity index (χ0) is 21.5. The van der Waals surface area contributed by atoms with Crippen LogP contribution in [0.5, 0.6) is 0 Å². The summed E-state index contributed by atoms with van der Waals surface area (Å²) in [5.41, 5.74) is 2.82. The second-order valence-electron chi connectivity index (χ2n) is 7.31. The minimum atomic E-state index is -0.220. The maximum absolute atomic E-state index is 12.6. The molecular formula is C24H24N4O2S. The average Bonchev–Trinajstić information content (AvgIpc) is 3.21. The molecule has 1 aliphatic heterocycles. The number of hydrogen-bond donors (Lipinski definition) is 1. The fraction of sp³-hybridized carbons (Fsp3) is 0.250. The standard InChI is InChI=1S/C24H24N4O2S/c29-22-17-31-24(28(22)21-16-25-13-14-26-21)20-11-6-10-19(15-20)23(30)27-12-5-4-9-18-7-2-1-3-8-18/h1-3,6-8,10-11,13-16,24H,4-5,9,12,17H2,(H,27,30). The largest absolute Gasteiger partial charge is 0.352 e. The molecule has 31 heavy (non-hydrogen) atoms. The van der Waals surface area contributed by atoms with Gasteiger partial charge in [-0.05, 0) is 42.5 Å². The van der Waals surface area contributed by atoms with Gasteiger partial charge in [0, 0.05) is 24.5 Å². The molecule has 0 radical (unpaired) electrons. The molecule has 2 heterocycles. The van der Waals surface area contributed by atoms with Crippen LogP contribution >= 0.6 is 11.8 Å². The van der Waals surface area contributed by atoms with Gasteiger partial charge in [-0.25, -0.2) is 4.98 Å². The fourth-order valence-electron chi connectivity index (χ4n) is 3.57. The number of aromatic nitrogens is 2. The van der Waals surface area contributed by atoms with Crippen molar-refractivity contribution >= 4 is 29.4 Å². The molecule has 2 aromatic carbocycles. The number of carbonyl (C=O) groups is 2. The van der Waals surface area contributed by atoms with E-state index in [1.54, 1.807) is 29.6 Å². The fourth-order valence-corrected chi connectivity index (χ4v) is 4.72. The van der Waals surface area contributed by atoms with Gasteiger partial charge in [-0.15, -0.1) is 11.8 Å². The van der Waals surface area contributed by atoms with Gasteiger partial charge >= 0.3 is 0 Å². The number of benzene rings is 2. The highest BCUT2D eigenvalue weighted by molar-refractivity contribution is 8.00. The predicted molar refractivity (Wildman–Crippen MR) is 123 cm³/mol. The van der Waals surface area contributed by atoms with E-state index in [1.807, 2.05) is 36.4 Å². The molecule has 3 aromatic rings. The summed E-state index contributed by atoms with van der Waals surface area (Å²) in [7, 11) is 0. The third-order valence-corrected chi connectivity index (χ3v) is 6.33. The van der Waals surface area contributed by atoms with Crippen molar-refractivity contribution in [3.05, 3.63) is 89.9 Å². The topological polar surface area (TPSA) is 75.2 Å². The Kier molecular flexibility index (Phi) is 6.94. The van der Waals surface area contributed by atoms with E-state index in [4.69, 9.17) is 0 Å². The number of nitrogens with one attached hydrogen (secondary N) is 1. The van der Waals surface area contributed by atoms with E-state index < -0.39 is 0 Å². The van der Waals surface area contributed by atoms with E-state index >= 15 is 0 Å². The number of anilines is 1. The van der Waals surface area contributed by atoms with E-state index in [1.165, 1.54) is 17.3 Å². The molecule has 7 heteroatoms. The lowest BCUT2D eigenvalue weighted by Gasteiger charge is -2.23. The molecule has 6 nitrogen and oxygen atoms in total. The summed E-state index contributed by atoms with van der Waals surface area (Å²) >= 11 is 1.53. The van der Waals surface area contributed by atoms with Crippen LogP contribution in [-0.2, 0) is 11.2 Å². The maximum atomic E-state index is 12.6. The molecular weight excluding hydrogens is 408 g/mol. The Morgan fingerprint density at radius 2 is 1.97 bits per heavy atom. The Balaban J connectivity index is 1.35. The zero-order valence-electron chi connectivity index (χ0n) is 17.1. The maximum Gasteiger partial charge on any atom is 0.251 e. The molecule has 0 aliphatic carbocycles. The van der Waals surface area contributed by atoms with Crippen molar-refractivity contribution in [2.24, 2.45) is 0 Å². The van der Waals surface area contributed by atoms with Gasteiger partial charge in [0.15, 0.2) is 5.82 Å². The lowest BCUT2D eigenvalue weighted by atomic mass is 10.1. The van der Waals surface area contributed by atoms with Gasteiger partial charge in [-0.3, -0.25) is 19.5 Å². The Bertz CT molecular complexity index is 1030. The Labute approximate surface area is 186 Å². The number of unbranched alkanes of at least 4 members (excludes halogenated alkanes) is 1. The van der Waals surface area contributed by atoms with Crippen molar-refractivity contribution in [2.75, 3.05) is 17.2 Å². The summed E-state index contributed by atoms with van der Waals surface area (Å²) < 4.78 is 0. The van der Waals surface area contributed by atoms with E-state index in [-0.39, 0.29) is 17.2 Å². The first kappa shape index (κ1) is 21.1. The number of hydrogen-bond acceptors (Lipinski definition) is 5. The van der Waals surface area contributed by atoms with Crippen molar-refractivity contribution in [3.8, 4) is 0 Å². The van der Waals surface area contributed by atoms with Gasteiger partial charge in [-0.2, -0.15) is 0 Å². The van der Waals surface area contributed by atoms with Gasteiger partial charge in [0.1, 0.15) is 5.37 Å². The summed E-state index contributed by atoms with van der Waals surface area (Å²) in [6.07, 6.45) is 7.70. The number of carbonyl (C=O) groups excluding carboxylic acids is 2. The molecule has 1 aliphatic rings. The molecule has 1 saturated heterocycles. The summed E-state index contributed by atoms with van der Waals surface area (Å²) in [6.45, 7) is 0.637. The highest BCUT2D eigenvalue weighted by atomic mass is 32.2. The average molecular weight is 433 g/mol. The smallest absolute Gasteiger partial charge is 0.251 e. The minimum absolute atomic E-state index is 0.0104. The van der Waals surface area contributed by atoms with E-state index in [2.05, 4.69) is 27.4 Å². The molecule has 4 rings (SSSR count). The molecule has 1 fully saturated rings. The van der Waals surface area contributed by atoms with Crippen molar-refractivity contribution in [3.63, 3.8) is 0 Å². The van der Waals surface area contributed by atoms with Crippen LogP contribution in [0.25, 0.3) is 0 Å². The number of amides is 2. The molecule has 0 saturated carbocycles. The molecule has 2 amide bonds. The first-order valence-corrected chi connectivity index (χ1v) is 11.4. The van der Waals surface area contributed by atoms with Gasteiger partial charge in [0.25, 0.3) is 5.91 Å². The van der Waals surface area contributed by atoms with Crippen molar-refractivity contribution < 1.29 is 9.59 Å². The number of rotatable bonds is 8. The third-order valence-electron chi connectivity index (χ3n) is 5.12. The van der Waals surface area contributed by atoms with E-state index in [0.29, 0.717) is 23.7 Å². The Morgan fingerprint density at radius 3 is 2.77 bits per heavy atom. The lowest BCUT2D eigenvalue weighted by Crippen LogP contribution is -2.29. The van der Waals surface area contributed by atoms with Gasteiger partial charge in [-0.1, -0.05) is 42.5 Å². The number of nitrogens with zero attached hydrogens (tertiary/aromatic N) is 3. The summed E-state index contributed by atoms with van der Waals surface area (Å²) in [6, 6.07) is 17.8. The molecule has 1 N–H and O–H groups in total. The first-order chi connectivity index (χ1) is 15.2. The van der Waals surface area contributed by atoms with Crippen LogP contribution in [0.4, 0.5) is 5.82 Å². The SMILES string of the molecule is O=C(NCCCCc1ccccc1)c1cccc(C2SCC(=O)N2c2cnccn2)c1. The second kappa shape index (κ2) is 10.2. The molecule has 158 valence electrons. The third kappa shape index (κ3) is 5.30. The lowest BCUT2D eigenvalue weighted by molar-refractivity contribution is -0.115. The number of thioether (sulfide) groups is 1. The van der Waals surface area contributed by atoms with Crippen LogP contribution in [0, 0.1) is 0 Å². The van der Waals surface area contributed by atoms with Crippen LogP contribution < -0.4 is 10.2 Å². The summed E-state index contributed by atoms with van der Waals surface area (Å²) in [4.78, 5) is 35.1. The van der Waals surface area contributed by atoms with Crippen molar-refractivity contribution in [1.82, 2.24) is 15.3 Å². The van der Waals surface area contributed by atoms with Gasteiger partial charge in [0.05, 0.1) is 11.9 Å². The van der Waals surface area contributed by atoms with Crippen LogP contribution in [0.15, 0.2) is 73.2 Å². The highest BCUT2D eigenvalue weighted by Crippen LogP contribution is 2.40. The molecule has 0 spiro atoms. The molecule has 1 atom stereocenters. The summed E-state index contributed by atoms with van der Waals surface area (Å²) in [5.74, 6) is 0.792. The van der Waals surface area contributed by atoms with Crippen LogP contribution in [0.2, 0.25) is 0 Å². The second-order valence-corrected chi connectivity index (χ2v) is 8.38. The quantitative estimate of drug-likeness (QED) is 0.545. The van der Waals surface area contributed by atoms with E-state index in [9.17, 15) is 9.59 Å². The predicted octanol–water partition coefficient (Wildman–Crippen LogP) is 4.01. The van der Waals surface area contributed by atoms with Crippen LogP contribution in [-0.4, -0.2) is 34.1 Å². The monoisotopic (exact) mass is 432 g/mol.